The van der Waals surface area contributed by atoms with Crippen molar-refractivity contribution in [2.24, 2.45) is 5.92 Å². The maximum Gasteiger partial charge on any atom is 0.168 e. The van der Waals surface area contributed by atoms with Gasteiger partial charge in [0.2, 0.25) is 0 Å². The van der Waals surface area contributed by atoms with E-state index in [0.717, 1.165) is 29.3 Å². The van der Waals surface area contributed by atoms with Crippen LogP contribution in [0.4, 0.5) is 0 Å². The van der Waals surface area contributed by atoms with E-state index in [2.05, 4.69) is 4.98 Å². The van der Waals surface area contributed by atoms with Gasteiger partial charge in [-0.25, -0.2) is 0 Å². The summed E-state index contributed by atoms with van der Waals surface area (Å²) in [4.78, 5) is 15.8. The van der Waals surface area contributed by atoms with Gasteiger partial charge in [-0.15, -0.1) is 0 Å². The number of carbonyl (C=O) groups is 1. The number of carbonyl (C=O) groups excluding carboxylic acids is 1. The minimum Gasteiger partial charge on any atom is -0.360 e. The Hall–Kier alpha value is -1.28. The van der Waals surface area contributed by atoms with E-state index in [9.17, 15) is 4.79 Å². The van der Waals surface area contributed by atoms with E-state index in [-0.39, 0.29) is 5.92 Å². The molecule has 1 aliphatic carbocycles. The lowest BCUT2D eigenvalue weighted by Gasteiger charge is -2.11. The summed E-state index contributed by atoms with van der Waals surface area (Å²) < 4.78 is 0. The van der Waals surface area contributed by atoms with Crippen LogP contribution in [0.2, 0.25) is 5.02 Å². The number of hydrogen-bond donors (Lipinski definition) is 1. The van der Waals surface area contributed by atoms with Crippen molar-refractivity contribution in [3.63, 3.8) is 0 Å². The number of rotatable bonds is 2. The van der Waals surface area contributed by atoms with Crippen LogP contribution in [0.25, 0.3) is 10.9 Å². The number of hydrogen-bond acceptors (Lipinski definition) is 1. The Labute approximate surface area is 118 Å². The van der Waals surface area contributed by atoms with Crippen molar-refractivity contribution < 1.29 is 4.79 Å². The minimum atomic E-state index is 0.206. The molecule has 100 valence electrons. The van der Waals surface area contributed by atoms with Gasteiger partial charge in [-0.3, -0.25) is 4.79 Å². The van der Waals surface area contributed by atoms with Crippen LogP contribution >= 0.6 is 11.6 Å². The van der Waals surface area contributed by atoms with Crippen LogP contribution in [-0.4, -0.2) is 10.8 Å². The molecule has 0 amide bonds. The molecule has 2 nitrogen and oxygen atoms in total. The molecule has 1 saturated carbocycles. The predicted molar refractivity (Wildman–Crippen MR) is 78.8 cm³/mol. The molecular weight excluding hydrogens is 258 g/mol. The Morgan fingerprint density at radius 3 is 2.63 bits per heavy atom. The third-order valence-electron chi connectivity index (χ3n) is 4.14. The first-order valence-electron chi connectivity index (χ1n) is 7.06. The second-order valence-electron chi connectivity index (χ2n) is 5.44. The van der Waals surface area contributed by atoms with E-state index in [1.54, 1.807) is 0 Å². The fraction of sp³-hybridized carbons (Fsp3) is 0.438. The molecule has 1 aromatic carbocycles. The van der Waals surface area contributed by atoms with Crippen molar-refractivity contribution in [1.82, 2.24) is 4.98 Å². The molecule has 0 bridgehead atoms. The van der Waals surface area contributed by atoms with Crippen molar-refractivity contribution >= 4 is 28.3 Å². The Bertz CT molecular complexity index is 594. The van der Waals surface area contributed by atoms with Gasteiger partial charge < -0.3 is 4.98 Å². The molecule has 0 radical (unpaired) electrons. The van der Waals surface area contributed by atoms with E-state index in [1.165, 1.54) is 25.7 Å². The summed E-state index contributed by atoms with van der Waals surface area (Å²) >= 11 is 5.97. The van der Waals surface area contributed by atoms with Crippen molar-refractivity contribution in [3.05, 3.63) is 35.0 Å². The highest BCUT2D eigenvalue weighted by molar-refractivity contribution is 6.31. The summed E-state index contributed by atoms with van der Waals surface area (Å²) in [6, 6.07) is 5.67. The lowest BCUT2D eigenvalue weighted by molar-refractivity contribution is 0.0909. The van der Waals surface area contributed by atoms with Gasteiger partial charge in [0, 0.05) is 33.6 Å². The summed E-state index contributed by atoms with van der Waals surface area (Å²) in [5, 5.41) is 1.70. The Morgan fingerprint density at radius 2 is 1.89 bits per heavy atom. The zero-order valence-corrected chi connectivity index (χ0v) is 11.7. The molecule has 0 aliphatic heterocycles. The number of halogens is 1. The second kappa shape index (κ2) is 5.38. The molecule has 2 aromatic rings. The van der Waals surface area contributed by atoms with Crippen LogP contribution in [-0.2, 0) is 0 Å². The Morgan fingerprint density at radius 1 is 1.16 bits per heavy atom. The van der Waals surface area contributed by atoms with E-state index in [0.29, 0.717) is 10.8 Å². The van der Waals surface area contributed by atoms with E-state index in [1.807, 2.05) is 24.4 Å². The molecule has 1 fully saturated rings. The topological polar surface area (TPSA) is 32.9 Å². The SMILES string of the molecule is O=C(c1c[nH]c2cc(Cl)ccc12)C1CCCCCC1. The van der Waals surface area contributed by atoms with Crippen LogP contribution in [0, 0.1) is 5.92 Å². The first-order chi connectivity index (χ1) is 9.25. The van der Waals surface area contributed by atoms with E-state index in [4.69, 9.17) is 11.6 Å². The van der Waals surface area contributed by atoms with Crippen molar-refractivity contribution in [2.45, 2.75) is 38.5 Å². The standard InChI is InChI=1S/C16H18ClNO/c17-12-7-8-13-14(10-18-15(13)9-12)16(19)11-5-3-1-2-4-6-11/h7-11,18H,1-6H2. The van der Waals surface area contributed by atoms with Crippen LogP contribution in [0.1, 0.15) is 48.9 Å². The number of aromatic amines is 1. The van der Waals surface area contributed by atoms with Crippen LogP contribution < -0.4 is 0 Å². The van der Waals surface area contributed by atoms with Gasteiger partial charge in [-0.2, -0.15) is 0 Å². The lowest BCUT2D eigenvalue weighted by atomic mass is 9.91. The van der Waals surface area contributed by atoms with Gasteiger partial charge in [0.15, 0.2) is 5.78 Å². The van der Waals surface area contributed by atoms with Gasteiger partial charge in [0.1, 0.15) is 0 Å². The molecule has 1 N–H and O–H groups in total. The number of H-pyrrole nitrogens is 1. The number of Topliss-reactive ketones (excluding diaryl/α,β-unsaturated/α-hetero) is 1. The van der Waals surface area contributed by atoms with Crippen LogP contribution in [0.3, 0.4) is 0 Å². The van der Waals surface area contributed by atoms with E-state index < -0.39 is 0 Å². The number of fused-ring (bicyclic) bond motifs is 1. The first-order valence-corrected chi connectivity index (χ1v) is 7.44. The Balaban J connectivity index is 1.92. The molecule has 0 unspecified atom stereocenters. The zero-order chi connectivity index (χ0) is 13.2. The summed E-state index contributed by atoms with van der Waals surface area (Å²) in [5.41, 5.74) is 1.78. The van der Waals surface area contributed by atoms with Crippen molar-refractivity contribution in [3.8, 4) is 0 Å². The highest BCUT2D eigenvalue weighted by atomic mass is 35.5. The third-order valence-corrected chi connectivity index (χ3v) is 4.37. The lowest BCUT2D eigenvalue weighted by Crippen LogP contribution is -2.13. The molecule has 0 spiro atoms. The summed E-state index contributed by atoms with van der Waals surface area (Å²) in [6.07, 6.45) is 8.84. The number of benzene rings is 1. The molecule has 1 heterocycles. The average molecular weight is 276 g/mol. The van der Waals surface area contributed by atoms with Crippen LogP contribution in [0.5, 0.6) is 0 Å². The number of ketones is 1. The molecule has 19 heavy (non-hydrogen) atoms. The molecule has 0 atom stereocenters. The third kappa shape index (κ3) is 2.55. The molecule has 3 heteroatoms. The maximum atomic E-state index is 12.7. The predicted octanol–water partition coefficient (Wildman–Crippen LogP) is 4.97. The normalized spacial score (nSPS) is 17.5. The summed E-state index contributed by atoms with van der Waals surface area (Å²) in [6.45, 7) is 0. The van der Waals surface area contributed by atoms with Gasteiger partial charge in [-0.1, -0.05) is 43.4 Å². The molecular formula is C16H18ClNO. The minimum absolute atomic E-state index is 0.206. The quantitative estimate of drug-likeness (QED) is 0.609. The smallest absolute Gasteiger partial charge is 0.168 e. The van der Waals surface area contributed by atoms with Gasteiger partial charge >= 0.3 is 0 Å². The molecule has 1 aliphatic rings. The molecule has 0 saturated heterocycles. The average Bonchev–Trinajstić information content (AvgIpc) is 2.64. The van der Waals surface area contributed by atoms with Crippen molar-refractivity contribution in [2.75, 3.05) is 0 Å². The zero-order valence-electron chi connectivity index (χ0n) is 10.9. The van der Waals surface area contributed by atoms with Gasteiger partial charge in [0.05, 0.1) is 0 Å². The second-order valence-corrected chi connectivity index (χ2v) is 5.88. The highest BCUT2D eigenvalue weighted by Gasteiger charge is 2.23. The molecule has 1 aromatic heterocycles. The van der Waals surface area contributed by atoms with Gasteiger partial charge in [0.25, 0.3) is 0 Å². The monoisotopic (exact) mass is 275 g/mol. The van der Waals surface area contributed by atoms with Gasteiger partial charge in [-0.05, 0) is 25.0 Å². The van der Waals surface area contributed by atoms with Crippen molar-refractivity contribution in [1.29, 1.82) is 0 Å². The summed E-state index contributed by atoms with van der Waals surface area (Å²) in [7, 11) is 0. The number of nitrogens with one attached hydrogen (secondary N) is 1. The van der Waals surface area contributed by atoms with E-state index >= 15 is 0 Å². The Kier molecular flexibility index (Phi) is 3.61. The fourth-order valence-corrected chi connectivity index (χ4v) is 3.24. The highest BCUT2D eigenvalue weighted by Crippen LogP contribution is 2.29. The first kappa shape index (κ1) is 12.7. The molecule has 3 rings (SSSR count). The number of aromatic nitrogens is 1. The summed E-state index contributed by atoms with van der Waals surface area (Å²) in [5.74, 6) is 0.507. The maximum absolute atomic E-state index is 12.7. The fourth-order valence-electron chi connectivity index (χ4n) is 3.06. The largest absolute Gasteiger partial charge is 0.360 e. The van der Waals surface area contributed by atoms with Crippen LogP contribution in [0.15, 0.2) is 24.4 Å².